The molecule has 1 aliphatic carbocycles. The van der Waals surface area contributed by atoms with Gasteiger partial charge in [-0.25, -0.2) is 4.98 Å². The van der Waals surface area contributed by atoms with E-state index < -0.39 is 5.41 Å². The van der Waals surface area contributed by atoms with Crippen molar-refractivity contribution in [2.24, 2.45) is 0 Å². The highest BCUT2D eigenvalue weighted by Gasteiger charge is 2.52. The van der Waals surface area contributed by atoms with Crippen LogP contribution < -0.4 is 4.90 Å². The summed E-state index contributed by atoms with van der Waals surface area (Å²) in [4.78, 5) is 17.4. The maximum Gasteiger partial charge on any atom is 0.238 e. The van der Waals surface area contributed by atoms with Gasteiger partial charge in [0.1, 0.15) is 0 Å². The molecule has 0 saturated carbocycles. The molecule has 0 fully saturated rings. The highest BCUT2D eigenvalue weighted by Crippen LogP contribution is 2.63. The lowest BCUT2D eigenvalue weighted by molar-refractivity contribution is 0.749. The molecular formula is C40H25ClN4. The lowest BCUT2D eigenvalue weighted by atomic mass is 9.65. The van der Waals surface area contributed by atoms with E-state index >= 15 is 0 Å². The van der Waals surface area contributed by atoms with E-state index in [1.165, 1.54) is 22.3 Å². The van der Waals surface area contributed by atoms with Gasteiger partial charge in [-0.1, -0.05) is 139 Å². The standard InChI is InChI=1S/C40H25ClN4/c41-28-23-24-36-34(25-28)40(31-19-9-7-17-29(31)30-18-8-10-20-32(30)40)33-21-11-12-22-35(33)45(36)39-43-37(26-13-3-1-4-14-26)42-38(44-39)27-15-5-2-6-16-27/h1-25H. The van der Waals surface area contributed by atoms with E-state index in [0.29, 0.717) is 22.6 Å². The number of anilines is 3. The van der Waals surface area contributed by atoms with Gasteiger partial charge in [0.05, 0.1) is 16.8 Å². The lowest BCUT2D eigenvalue weighted by Crippen LogP contribution is -2.36. The Morgan fingerprint density at radius 1 is 0.444 bits per heavy atom. The maximum atomic E-state index is 6.86. The van der Waals surface area contributed by atoms with Crippen LogP contribution in [0.2, 0.25) is 5.02 Å². The fourth-order valence-electron chi connectivity index (χ4n) is 7.19. The van der Waals surface area contributed by atoms with Crippen molar-refractivity contribution in [3.05, 3.63) is 179 Å². The van der Waals surface area contributed by atoms with Crippen molar-refractivity contribution in [1.82, 2.24) is 15.0 Å². The Hall–Kier alpha value is -5.58. The fourth-order valence-corrected chi connectivity index (χ4v) is 7.36. The monoisotopic (exact) mass is 596 g/mol. The first kappa shape index (κ1) is 25.9. The van der Waals surface area contributed by atoms with Crippen molar-refractivity contribution < 1.29 is 0 Å². The highest BCUT2D eigenvalue weighted by atomic mass is 35.5. The molecule has 0 saturated heterocycles. The molecule has 6 aromatic carbocycles. The Labute approximate surface area is 266 Å². The van der Waals surface area contributed by atoms with E-state index in [2.05, 4.69) is 89.8 Å². The summed E-state index contributed by atoms with van der Waals surface area (Å²) in [6.45, 7) is 0. The zero-order valence-corrected chi connectivity index (χ0v) is 24.9. The van der Waals surface area contributed by atoms with Crippen LogP contribution in [0.5, 0.6) is 0 Å². The molecule has 0 radical (unpaired) electrons. The normalized spacial score (nSPS) is 13.6. The minimum Gasteiger partial charge on any atom is -0.278 e. The van der Waals surface area contributed by atoms with Gasteiger partial charge in [-0.05, 0) is 57.6 Å². The van der Waals surface area contributed by atoms with Crippen LogP contribution in [-0.2, 0) is 5.41 Å². The zero-order valence-electron chi connectivity index (χ0n) is 24.1. The predicted molar refractivity (Wildman–Crippen MR) is 181 cm³/mol. The van der Waals surface area contributed by atoms with Gasteiger partial charge >= 0.3 is 0 Å². The van der Waals surface area contributed by atoms with Crippen molar-refractivity contribution in [1.29, 1.82) is 0 Å². The number of halogens is 1. The van der Waals surface area contributed by atoms with Gasteiger partial charge in [0.2, 0.25) is 5.95 Å². The highest BCUT2D eigenvalue weighted by molar-refractivity contribution is 6.30. The van der Waals surface area contributed by atoms with Gasteiger partial charge in [-0.15, -0.1) is 0 Å². The molecule has 2 aliphatic rings. The van der Waals surface area contributed by atoms with Gasteiger partial charge < -0.3 is 0 Å². The Morgan fingerprint density at radius 2 is 0.933 bits per heavy atom. The second-order valence-corrected chi connectivity index (χ2v) is 11.8. The largest absolute Gasteiger partial charge is 0.278 e. The number of hydrogen-bond donors (Lipinski definition) is 0. The third-order valence-corrected chi connectivity index (χ3v) is 9.23. The molecule has 0 amide bonds. The molecule has 5 heteroatoms. The number of para-hydroxylation sites is 1. The molecule has 9 rings (SSSR count). The molecule has 0 unspecified atom stereocenters. The summed E-state index contributed by atoms with van der Waals surface area (Å²) < 4.78 is 0. The number of aromatic nitrogens is 3. The minimum atomic E-state index is -0.571. The van der Waals surface area contributed by atoms with Crippen molar-refractivity contribution in [2.45, 2.75) is 5.41 Å². The summed E-state index contributed by atoms with van der Waals surface area (Å²) in [5, 5.41) is 0.680. The predicted octanol–water partition coefficient (Wildman–Crippen LogP) is 10.0. The van der Waals surface area contributed by atoms with Gasteiger partial charge in [-0.2, -0.15) is 9.97 Å². The van der Waals surface area contributed by atoms with Crippen molar-refractivity contribution in [3.8, 4) is 33.9 Å². The van der Waals surface area contributed by atoms with Crippen molar-refractivity contribution in [2.75, 3.05) is 4.90 Å². The average Bonchev–Trinajstić information content (AvgIpc) is 3.40. The Bertz CT molecular complexity index is 2140. The number of rotatable bonds is 3. The van der Waals surface area contributed by atoms with Crippen LogP contribution in [0.25, 0.3) is 33.9 Å². The van der Waals surface area contributed by atoms with E-state index in [1.54, 1.807) is 0 Å². The number of benzene rings is 6. The van der Waals surface area contributed by atoms with E-state index in [4.69, 9.17) is 26.6 Å². The third kappa shape index (κ3) is 3.76. The van der Waals surface area contributed by atoms with Crippen LogP contribution in [0.3, 0.4) is 0 Å². The second kappa shape index (κ2) is 9.98. The lowest BCUT2D eigenvalue weighted by Gasteiger charge is -2.44. The molecule has 45 heavy (non-hydrogen) atoms. The first-order valence-corrected chi connectivity index (χ1v) is 15.4. The second-order valence-electron chi connectivity index (χ2n) is 11.4. The van der Waals surface area contributed by atoms with Gasteiger partial charge in [-0.3, -0.25) is 4.90 Å². The van der Waals surface area contributed by atoms with Crippen LogP contribution in [0.15, 0.2) is 152 Å². The Morgan fingerprint density at radius 3 is 1.53 bits per heavy atom. The molecule has 7 aromatic rings. The SMILES string of the molecule is Clc1ccc2c(c1)C1(c3ccccc3-c3ccccc31)c1ccccc1N2c1nc(-c2ccccc2)nc(-c2ccccc2)n1. The molecule has 0 N–H and O–H groups in total. The van der Waals surface area contributed by atoms with Crippen molar-refractivity contribution >= 4 is 28.9 Å². The molecule has 2 heterocycles. The number of hydrogen-bond acceptors (Lipinski definition) is 4. The number of fused-ring (bicyclic) bond motifs is 9. The van der Waals surface area contributed by atoms with Crippen LogP contribution in [0.1, 0.15) is 22.3 Å². The molecule has 0 bridgehead atoms. The summed E-state index contributed by atoms with van der Waals surface area (Å²) >= 11 is 6.86. The minimum absolute atomic E-state index is 0.549. The third-order valence-electron chi connectivity index (χ3n) is 8.99. The fraction of sp³-hybridized carbons (Fsp3) is 0.0250. The van der Waals surface area contributed by atoms with Gasteiger partial charge in [0, 0.05) is 16.1 Å². The first-order valence-electron chi connectivity index (χ1n) is 15.0. The number of nitrogens with zero attached hydrogens (tertiary/aromatic N) is 4. The van der Waals surface area contributed by atoms with E-state index in [9.17, 15) is 0 Å². The quantitative estimate of drug-likeness (QED) is 0.203. The van der Waals surface area contributed by atoms with E-state index in [-0.39, 0.29) is 0 Å². The molecule has 1 aliphatic heterocycles. The zero-order chi connectivity index (χ0) is 30.0. The maximum absolute atomic E-state index is 6.86. The van der Waals surface area contributed by atoms with Gasteiger partial charge in [0.25, 0.3) is 0 Å². The van der Waals surface area contributed by atoms with Crippen LogP contribution >= 0.6 is 11.6 Å². The molecule has 0 atom stereocenters. The summed E-state index contributed by atoms with van der Waals surface area (Å²) in [6, 6.07) is 52.5. The van der Waals surface area contributed by atoms with Crippen LogP contribution in [0.4, 0.5) is 17.3 Å². The molecule has 1 spiro atoms. The smallest absolute Gasteiger partial charge is 0.238 e. The topological polar surface area (TPSA) is 41.9 Å². The Kier molecular flexibility index (Phi) is 5.74. The summed E-state index contributed by atoms with van der Waals surface area (Å²) in [5.74, 6) is 1.78. The summed E-state index contributed by atoms with van der Waals surface area (Å²) in [6.07, 6.45) is 0. The van der Waals surface area contributed by atoms with Crippen LogP contribution in [0, 0.1) is 0 Å². The van der Waals surface area contributed by atoms with Crippen molar-refractivity contribution in [3.63, 3.8) is 0 Å². The van der Waals surface area contributed by atoms with Crippen LogP contribution in [-0.4, -0.2) is 15.0 Å². The molecule has 4 nitrogen and oxygen atoms in total. The molecular weight excluding hydrogens is 572 g/mol. The first-order chi connectivity index (χ1) is 22.2. The summed E-state index contributed by atoms with van der Waals surface area (Å²) in [5.41, 5.74) is 10.5. The molecule has 1 aromatic heterocycles. The average molecular weight is 597 g/mol. The van der Waals surface area contributed by atoms with E-state index in [1.807, 2.05) is 66.7 Å². The summed E-state index contributed by atoms with van der Waals surface area (Å²) in [7, 11) is 0. The molecule has 212 valence electrons. The van der Waals surface area contributed by atoms with Gasteiger partial charge in [0.15, 0.2) is 11.6 Å². The Balaban J connectivity index is 1.38. The van der Waals surface area contributed by atoms with E-state index in [0.717, 1.165) is 33.6 Å².